The van der Waals surface area contributed by atoms with Crippen LogP contribution in [-0.4, -0.2) is 18.0 Å². The summed E-state index contributed by atoms with van der Waals surface area (Å²) >= 11 is 5.87. The lowest BCUT2D eigenvalue weighted by atomic mass is 10.1. The summed E-state index contributed by atoms with van der Waals surface area (Å²) in [7, 11) is 1.54. The van der Waals surface area contributed by atoms with Crippen molar-refractivity contribution in [1.29, 1.82) is 0 Å². The molecule has 1 aromatic carbocycles. The minimum absolute atomic E-state index is 0.145. The lowest BCUT2D eigenvalue weighted by Crippen LogP contribution is -2.15. The van der Waals surface area contributed by atoms with E-state index in [1.165, 1.54) is 0 Å². The van der Waals surface area contributed by atoms with Crippen molar-refractivity contribution in [2.75, 3.05) is 12.4 Å². The molecule has 0 saturated heterocycles. The number of carbonyl (C=O) groups excluding carboxylic acids is 1. The van der Waals surface area contributed by atoms with E-state index in [9.17, 15) is 4.79 Å². The van der Waals surface area contributed by atoms with Crippen molar-refractivity contribution in [2.45, 2.75) is 6.42 Å². The fraction of sp³-hybridized carbons (Fsp3) is 0.143. The van der Waals surface area contributed by atoms with Crippen LogP contribution in [0.3, 0.4) is 0 Å². The number of halogens is 1. The first-order valence-electron chi connectivity index (χ1n) is 5.71. The van der Waals surface area contributed by atoms with Gasteiger partial charge in [0, 0.05) is 17.3 Å². The third kappa shape index (κ3) is 3.69. The number of anilines is 1. The Hall–Kier alpha value is -2.07. The second kappa shape index (κ2) is 6.20. The Morgan fingerprint density at radius 3 is 3.00 bits per heavy atom. The molecule has 98 valence electrons. The van der Waals surface area contributed by atoms with Gasteiger partial charge >= 0.3 is 0 Å². The smallest absolute Gasteiger partial charge is 0.228 e. The second-order valence-corrected chi connectivity index (χ2v) is 4.37. The number of rotatable bonds is 4. The molecule has 1 aromatic heterocycles. The topological polar surface area (TPSA) is 51.2 Å². The number of carbonyl (C=O) groups is 1. The summed E-state index contributed by atoms with van der Waals surface area (Å²) in [5.41, 5.74) is 1.41. The summed E-state index contributed by atoms with van der Waals surface area (Å²) in [4.78, 5) is 15.9. The Balaban J connectivity index is 2.05. The highest BCUT2D eigenvalue weighted by molar-refractivity contribution is 6.30. The molecule has 5 heteroatoms. The number of pyridine rings is 1. The Kier molecular flexibility index (Phi) is 4.36. The first kappa shape index (κ1) is 13.4. The van der Waals surface area contributed by atoms with E-state index in [2.05, 4.69) is 10.3 Å². The van der Waals surface area contributed by atoms with Gasteiger partial charge < -0.3 is 10.1 Å². The molecule has 1 amide bonds. The number of ether oxygens (including phenoxy) is 1. The largest absolute Gasteiger partial charge is 0.494 e. The molecule has 19 heavy (non-hydrogen) atoms. The van der Waals surface area contributed by atoms with Crippen LogP contribution in [0.5, 0.6) is 5.75 Å². The SMILES string of the molecule is COc1ccncc1NC(=O)Cc1cccc(Cl)c1. The Labute approximate surface area is 116 Å². The maximum absolute atomic E-state index is 11.9. The molecular weight excluding hydrogens is 264 g/mol. The maximum Gasteiger partial charge on any atom is 0.228 e. The van der Waals surface area contributed by atoms with Crippen molar-refractivity contribution in [1.82, 2.24) is 4.98 Å². The van der Waals surface area contributed by atoms with Crippen LogP contribution in [0.15, 0.2) is 42.7 Å². The molecule has 0 fully saturated rings. The number of nitrogens with one attached hydrogen (secondary N) is 1. The number of benzene rings is 1. The van der Waals surface area contributed by atoms with Crippen molar-refractivity contribution in [3.63, 3.8) is 0 Å². The van der Waals surface area contributed by atoms with Crippen LogP contribution < -0.4 is 10.1 Å². The summed E-state index contributed by atoms with van der Waals surface area (Å²) in [5, 5.41) is 3.37. The average molecular weight is 277 g/mol. The van der Waals surface area contributed by atoms with Crippen LogP contribution in [0, 0.1) is 0 Å². The van der Waals surface area contributed by atoms with Crippen LogP contribution in [0.4, 0.5) is 5.69 Å². The molecule has 0 atom stereocenters. The van der Waals surface area contributed by atoms with Crippen molar-refractivity contribution < 1.29 is 9.53 Å². The summed E-state index contributed by atoms with van der Waals surface area (Å²) in [6.07, 6.45) is 3.40. The summed E-state index contributed by atoms with van der Waals surface area (Å²) < 4.78 is 5.14. The minimum atomic E-state index is -0.145. The van der Waals surface area contributed by atoms with Gasteiger partial charge in [-0.15, -0.1) is 0 Å². The highest BCUT2D eigenvalue weighted by Gasteiger charge is 2.08. The normalized spacial score (nSPS) is 10.0. The lowest BCUT2D eigenvalue weighted by molar-refractivity contribution is -0.115. The van der Waals surface area contributed by atoms with Gasteiger partial charge in [-0.25, -0.2) is 0 Å². The van der Waals surface area contributed by atoms with Crippen molar-refractivity contribution in [3.8, 4) is 5.75 Å². The lowest BCUT2D eigenvalue weighted by Gasteiger charge is -2.09. The predicted octanol–water partition coefficient (Wildman–Crippen LogP) is 2.92. The monoisotopic (exact) mass is 276 g/mol. The third-order valence-corrected chi connectivity index (χ3v) is 2.76. The molecule has 0 spiro atoms. The first-order valence-corrected chi connectivity index (χ1v) is 6.09. The molecule has 0 unspecified atom stereocenters. The molecule has 4 nitrogen and oxygen atoms in total. The van der Waals surface area contributed by atoms with Gasteiger partial charge in [0.2, 0.25) is 5.91 Å². The van der Waals surface area contributed by atoms with Crippen LogP contribution in [0.1, 0.15) is 5.56 Å². The Morgan fingerprint density at radius 1 is 1.42 bits per heavy atom. The summed E-state index contributed by atoms with van der Waals surface area (Å²) in [6, 6.07) is 8.89. The van der Waals surface area contributed by atoms with E-state index in [0.29, 0.717) is 16.5 Å². The molecule has 1 N–H and O–H groups in total. The van der Waals surface area contributed by atoms with Gasteiger partial charge in [-0.3, -0.25) is 9.78 Å². The highest BCUT2D eigenvalue weighted by Crippen LogP contribution is 2.22. The minimum Gasteiger partial charge on any atom is -0.494 e. The van der Waals surface area contributed by atoms with Gasteiger partial charge in [0.05, 0.1) is 19.7 Å². The first-order chi connectivity index (χ1) is 9.19. The van der Waals surface area contributed by atoms with Gasteiger partial charge in [-0.1, -0.05) is 23.7 Å². The second-order valence-electron chi connectivity index (χ2n) is 3.93. The highest BCUT2D eigenvalue weighted by atomic mass is 35.5. The van der Waals surface area contributed by atoms with E-state index in [1.54, 1.807) is 37.7 Å². The quantitative estimate of drug-likeness (QED) is 0.934. The molecule has 0 saturated carbocycles. The van der Waals surface area contributed by atoms with E-state index in [0.717, 1.165) is 5.56 Å². The third-order valence-electron chi connectivity index (χ3n) is 2.53. The fourth-order valence-electron chi connectivity index (χ4n) is 1.68. The summed E-state index contributed by atoms with van der Waals surface area (Å²) in [6.45, 7) is 0. The maximum atomic E-state index is 11.9. The predicted molar refractivity (Wildman–Crippen MR) is 74.6 cm³/mol. The van der Waals surface area contributed by atoms with Crippen LogP contribution in [-0.2, 0) is 11.2 Å². The number of nitrogens with zero attached hydrogens (tertiary/aromatic N) is 1. The number of amides is 1. The molecule has 2 aromatic rings. The van der Waals surface area contributed by atoms with Crippen molar-refractivity contribution in [3.05, 3.63) is 53.3 Å². The molecule has 0 aliphatic carbocycles. The number of hydrogen-bond donors (Lipinski definition) is 1. The van der Waals surface area contributed by atoms with Crippen LogP contribution >= 0.6 is 11.6 Å². The van der Waals surface area contributed by atoms with Gasteiger partial charge in [0.15, 0.2) is 0 Å². The molecule has 1 heterocycles. The van der Waals surface area contributed by atoms with Crippen molar-refractivity contribution >= 4 is 23.2 Å². The zero-order chi connectivity index (χ0) is 13.7. The zero-order valence-corrected chi connectivity index (χ0v) is 11.1. The van der Waals surface area contributed by atoms with Crippen LogP contribution in [0.2, 0.25) is 5.02 Å². The molecule has 0 radical (unpaired) electrons. The van der Waals surface area contributed by atoms with E-state index >= 15 is 0 Å². The number of hydrogen-bond acceptors (Lipinski definition) is 3. The van der Waals surface area contributed by atoms with Gasteiger partial charge in [-0.05, 0) is 17.7 Å². The van der Waals surface area contributed by atoms with E-state index in [1.807, 2.05) is 12.1 Å². The van der Waals surface area contributed by atoms with Crippen molar-refractivity contribution in [2.24, 2.45) is 0 Å². The standard InChI is InChI=1S/C14H13ClN2O2/c1-19-13-5-6-16-9-12(13)17-14(18)8-10-3-2-4-11(15)7-10/h2-7,9H,8H2,1H3,(H,17,18). The Bertz CT molecular complexity index is 587. The molecule has 2 rings (SSSR count). The van der Waals surface area contributed by atoms with Gasteiger partial charge in [-0.2, -0.15) is 0 Å². The van der Waals surface area contributed by atoms with E-state index < -0.39 is 0 Å². The molecule has 0 aliphatic heterocycles. The molecular formula is C14H13ClN2O2. The average Bonchev–Trinajstić information content (AvgIpc) is 2.39. The summed E-state index contributed by atoms with van der Waals surface area (Å²) in [5.74, 6) is 0.433. The zero-order valence-electron chi connectivity index (χ0n) is 10.4. The molecule has 0 aliphatic rings. The number of aromatic nitrogens is 1. The Morgan fingerprint density at radius 2 is 2.26 bits per heavy atom. The van der Waals surface area contributed by atoms with Gasteiger partial charge in [0.1, 0.15) is 11.4 Å². The van der Waals surface area contributed by atoms with Gasteiger partial charge in [0.25, 0.3) is 0 Å². The fourth-order valence-corrected chi connectivity index (χ4v) is 1.89. The van der Waals surface area contributed by atoms with E-state index in [-0.39, 0.29) is 12.3 Å². The van der Waals surface area contributed by atoms with Crippen LogP contribution in [0.25, 0.3) is 0 Å². The number of methoxy groups -OCH3 is 1. The van der Waals surface area contributed by atoms with E-state index in [4.69, 9.17) is 16.3 Å². The molecule has 0 bridgehead atoms.